The zero-order chi connectivity index (χ0) is 12.5. The van der Waals surface area contributed by atoms with Gasteiger partial charge in [0.25, 0.3) is 0 Å². The van der Waals surface area contributed by atoms with E-state index in [0.717, 1.165) is 40.7 Å². The van der Waals surface area contributed by atoms with Crippen LogP contribution in [0.1, 0.15) is 4.88 Å². The fourth-order valence-electron chi connectivity index (χ4n) is 1.87. The normalized spacial score (nSPS) is 14.8. The van der Waals surface area contributed by atoms with E-state index in [1.54, 1.807) is 6.08 Å². The van der Waals surface area contributed by atoms with Crippen molar-refractivity contribution in [3.63, 3.8) is 0 Å². The van der Waals surface area contributed by atoms with Crippen LogP contribution in [-0.4, -0.2) is 23.2 Å². The summed E-state index contributed by atoms with van der Waals surface area (Å²) >= 11 is 0.986. The highest BCUT2D eigenvalue weighted by atomic mass is 32.1. The van der Waals surface area contributed by atoms with Crippen molar-refractivity contribution >= 4 is 23.1 Å². The van der Waals surface area contributed by atoms with E-state index < -0.39 is 0 Å². The Morgan fingerprint density at radius 1 is 1.44 bits per heavy atom. The smallest absolute Gasteiger partial charge is 0.307 e. The molecule has 0 unspecified atom stereocenters. The first-order chi connectivity index (χ1) is 8.72. The van der Waals surface area contributed by atoms with Crippen LogP contribution in [-0.2, 0) is 0 Å². The van der Waals surface area contributed by atoms with E-state index in [-0.39, 0.29) is 10.8 Å². The molecule has 0 radical (unpaired) electrons. The fraction of sp³-hybridized carbons (Fsp3) is 0.167. The molecule has 1 aliphatic heterocycles. The number of fused-ring (bicyclic) bond motifs is 1. The van der Waals surface area contributed by atoms with Crippen LogP contribution < -0.4 is 20.8 Å². The van der Waals surface area contributed by atoms with E-state index in [1.165, 1.54) is 0 Å². The van der Waals surface area contributed by atoms with Gasteiger partial charge < -0.3 is 10.4 Å². The molecule has 0 amide bonds. The number of aromatic amines is 1. The summed E-state index contributed by atoms with van der Waals surface area (Å²) in [6.45, 7) is 1.62. The molecule has 0 atom stereocenters. The topological polar surface area (TPSA) is 77.5 Å². The van der Waals surface area contributed by atoms with Crippen LogP contribution >= 0.6 is 11.3 Å². The van der Waals surface area contributed by atoms with Gasteiger partial charge in [-0.25, -0.2) is 0 Å². The summed E-state index contributed by atoms with van der Waals surface area (Å²) in [5.41, 5.74) is 0.984. The average Bonchev–Trinajstić information content (AvgIpc) is 2.68. The highest BCUT2D eigenvalue weighted by Crippen LogP contribution is 2.15. The van der Waals surface area contributed by atoms with Gasteiger partial charge in [-0.05, 0) is 23.4 Å². The van der Waals surface area contributed by atoms with E-state index in [2.05, 4.69) is 15.3 Å². The SMILES string of the molecule is O=c1[nH]c(O)c(C=c2ccc3c(c2)NCCN=3)s1. The maximum Gasteiger partial charge on any atom is 0.307 e. The third-order valence-electron chi connectivity index (χ3n) is 2.68. The molecule has 1 aromatic carbocycles. The summed E-state index contributed by atoms with van der Waals surface area (Å²) in [6.07, 6.45) is 1.77. The van der Waals surface area contributed by atoms with Crippen molar-refractivity contribution < 1.29 is 5.11 Å². The lowest BCUT2D eigenvalue weighted by Gasteiger charge is -2.10. The monoisotopic (exact) mass is 261 g/mol. The molecule has 6 heteroatoms. The summed E-state index contributed by atoms with van der Waals surface area (Å²) in [5, 5.41) is 14.7. The zero-order valence-electron chi connectivity index (χ0n) is 9.43. The average molecular weight is 261 g/mol. The van der Waals surface area contributed by atoms with E-state index in [0.29, 0.717) is 4.88 Å². The minimum absolute atomic E-state index is 0.0830. The number of benzene rings is 1. The van der Waals surface area contributed by atoms with Crippen molar-refractivity contribution in [1.82, 2.24) is 4.98 Å². The van der Waals surface area contributed by atoms with Gasteiger partial charge in [-0.2, -0.15) is 0 Å². The van der Waals surface area contributed by atoms with Crippen molar-refractivity contribution in [2.24, 2.45) is 4.99 Å². The number of H-pyrrole nitrogens is 1. The molecule has 5 nitrogen and oxygen atoms in total. The van der Waals surface area contributed by atoms with E-state index in [9.17, 15) is 9.90 Å². The Morgan fingerprint density at radius 2 is 2.33 bits per heavy atom. The molecule has 3 rings (SSSR count). The largest absolute Gasteiger partial charge is 0.493 e. The Kier molecular flexibility index (Phi) is 2.64. The molecular formula is C12H11N3O2S. The van der Waals surface area contributed by atoms with Crippen LogP contribution in [0.2, 0.25) is 0 Å². The number of anilines is 1. The van der Waals surface area contributed by atoms with Gasteiger partial charge in [0.2, 0.25) is 5.88 Å². The molecule has 0 aliphatic carbocycles. The maximum absolute atomic E-state index is 11.1. The molecule has 1 aliphatic rings. The lowest BCUT2D eigenvalue weighted by Crippen LogP contribution is -2.23. The molecule has 0 saturated carbocycles. The second-order valence-electron chi connectivity index (χ2n) is 3.96. The first-order valence-electron chi connectivity index (χ1n) is 5.54. The summed E-state index contributed by atoms with van der Waals surface area (Å²) in [6, 6.07) is 5.81. The Balaban J connectivity index is 2.13. The predicted octanol–water partition coefficient (Wildman–Crippen LogP) is 0.0159. The minimum Gasteiger partial charge on any atom is -0.493 e. The van der Waals surface area contributed by atoms with E-state index in [1.807, 2.05) is 18.2 Å². The van der Waals surface area contributed by atoms with Crippen LogP contribution in [0, 0.1) is 0 Å². The molecule has 0 spiro atoms. The molecular weight excluding hydrogens is 250 g/mol. The summed E-state index contributed by atoms with van der Waals surface area (Å²) in [7, 11) is 0. The quantitative estimate of drug-likeness (QED) is 0.677. The van der Waals surface area contributed by atoms with Gasteiger partial charge in [-0.3, -0.25) is 14.8 Å². The second kappa shape index (κ2) is 4.30. The predicted molar refractivity (Wildman–Crippen MR) is 70.8 cm³/mol. The standard InChI is InChI=1S/C12H11N3O2S/c16-11-10(18-12(17)15-11)6-7-1-2-8-9(5-7)14-4-3-13-8/h1-2,5-6,14,16H,3-4H2,(H,15,17). The van der Waals surface area contributed by atoms with E-state index in [4.69, 9.17) is 0 Å². The highest BCUT2D eigenvalue weighted by Gasteiger charge is 2.04. The summed E-state index contributed by atoms with van der Waals surface area (Å²) < 4.78 is 0. The van der Waals surface area contributed by atoms with Crippen molar-refractivity contribution in [2.75, 3.05) is 18.4 Å². The van der Waals surface area contributed by atoms with Crippen molar-refractivity contribution in [3.8, 4) is 5.88 Å². The van der Waals surface area contributed by atoms with E-state index >= 15 is 0 Å². The number of hydrogen-bond donors (Lipinski definition) is 3. The van der Waals surface area contributed by atoms with Crippen molar-refractivity contribution in [3.05, 3.63) is 43.3 Å². The second-order valence-corrected chi connectivity index (χ2v) is 4.97. The van der Waals surface area contributed by atoms with Crippen LogP contribution in [0.15, 0.2) is 28.0 Å². The van der Waals surface area contributed by atoms with Gasteiger partial charge in [0.05, 0.1) is 22.5 Å². The molecule has 18 heavy (non-hydrogen) atoms. The summed E-state index contributed by atoms with van der Waals surface area (Å²) in [4.78, 5) is 18.1. The van der Waals surface area contributed by atoms with Crippen LogP contribution in [0.4, 0.5) is 5.69 Å². The Bertz CT molecular complexity index is 760. The van der Waals surface area contributed by atoms with Crippen molar-refractivity contribution in [1.29, 1.82) is 0 Å². The maximum atomic E-state index is 11.1. The lowest BCUT2D eigenvalue weighted by atomic mass is 10.2. The molecule has 0 fully saturated rings. The number of nitrogens with one attached hydrogen (secondary N) is 2. The van der Waals surface area contributed by atoms with Gasteiger partial charge in [-0.1, -0.05) is 17.4 Å². The number of rotatable bonds is 1. The van der Waals surface area contributed by atoms with Gasteiger partial charge in [-0.15, -0.1) is 0 Å². The number of nitrogens with zero attached hydrogens (tertiary/aromatic N) is 1. The van der Waals surface area contributed by atoms with Gasteiger partial charge in [0, 0.05) is 6.54 Å². The van der Waals surface area contributed by atoms with Gasteiger partial charge in [0.1, 0.15) is 0 Å². The number of aromatic nitrogens is 1. The van der Waals surface area contributed by atoms with Crippen LogP contribution in [0.25, 0.3) is 6.08 Å². The van der Waals surface area contributed by atoms with Crippen molar-refractivity contribution in [2.45, 2.75) is 0 Å². The molecule has 92 valence electrons. The Labute approximate surface area is 106 Å². The Hall–Kier alpha value is -2.08. The molecule has 3 N–H and O–H groups in total. The molecule has 1 aromatic heterocycles. The first-order valence-corrected chi connectivity index (χ1v) is 6.36. The number of hydrogen-bond acceptors (Lipinski definition) is 5. The fourth-order valence-corrected chi connectivity index (χ4v) is 2.56. The third-order valence-corrected chi connectivity index (χ3v) is 3.50. The Morgan fingerprint density at radius 3 is 3.11 bits per heavy atom. The minimum atomic E-state index is -0.259. The molecule has 2 aromatic rings. The number of aromatic hydroxyl groups is 1. The van der Waals surface area contributed by atoms with Crippen LogP contribution in [0.5, 0.6) is 5.88 Å². The molecule has 0 saturated heterocycles. The molecule has 2 heterocycles. The highest BCUT2D eigenvalue weighted by molar-refractivity contribution is 7.10. The first kappa shape index (κ1) is 11.0. The number of thiazole rings is 1. The molecule has 0 bridgehead atoms. The lowest BCUT2D eigenvalue weighted by molar-refractivity contribution is 0.455. The van der Waals surface area contributed by atoms with Gasteiger partial charge in [0.15, 0.2) is 0 Å². The van der Waals surface area contributed by atoms with Crippen LogP contribution in [0.3, 0.4) is 0 Å². The van der Waals surface area contributed by atoms with Gasteiger partial charge >= 0.3 is 4.87 Å². The zero-order valence-corrected chi connectivity index (χ0v) is 10.3. The third kappa shape index (κ3) is 2.02. The summed E-state index contributed by atoms with van der Waals surface area (Å²) in [5.74, 6) is -0.0830.